The molecule has 15 heavy (non-hydrogen) atoms. The van der Waals surface area contributed by atoms with Gasteiger partial charge in [-0.15, -0.1) is 0 Å². The first-order valence-electron chi connectivity index (χ1n) is 4.83. The Balaban J connectivity index is 1.93. The zero-order valence-electron chi connectivity index (χ0n) is 8.31. The highest BCUT2D eigenvalue weighted by molar-refractivity contribution is 7.07. The van der Waals surface area contributed by atoms with Gasteiger partial charge in [0.15, 0.2) is 0 Å². The lowest BCUT2D eigenvalue weighted by Crippen LogP contribution is -1.97. The maximum Gasteiger partial charge on any atom is 0.0681 e. The molecule has 0 saturated heterocycles. The molecule has 0 unspecified atom stereocenters. The van der Waals surface area contributed by atoms with Crippen molar-refractivity contribution in [1.29, 1.82) is 0 Å². The molecule has 1 aromatic carbocycles. The first-order valence-corrected chi connectivity index (χ1v) is 5.77. The van der Waals surface area contributed by atoms with Crippen molar-refractivity contribution < 1.29 is 5.11 Å². The predicted molar refractivity (Wildman–Crippen MR) is 64.0 cm³/mol. The first kappa shape index (κ1) is 10.2. The molecule has 1 aromatic heterocycles. The van der Waals surface area contributed by atoms with E-state index in [9.17, 15) is 0 Å². The van der Waals surface area contributed by atoms with Gasteiger partial charge in [-0.1, -0.05) is 12.1 Å². The predicted octanol–water partition coefficient (Wildman–Crippen LogP) is 2.85. The third kappa shape index (κ3) is 2.81. The van der Waals surface area contributed by atoms with Gasteiger partial charge in [-0.3, -0.25) is 0 Å². The van der Waals surface area contributed by atoms with Crippen LogP contribution in [0.2, 0.25) is 0 Å². The van der Waals surface area contributed by atoms with Crippen LogP contribution in [0.3, 0.4) is 0 Å². The summed E-state index contributed by atoms with van der Waals surface area (Å²) in [5, 5.41) is 16.4. The molecule has 0 fully saturated rings. The number of aliphatic hydroxyl groups excluding tert-OH is 1. The van der Waals surface area contributed by atoms with E-state index < -0.39 is 0 Å². The number of hydrogen-bond acceptors (Lipinski definition) is 3. The number of rotatable bonds is 4. The van der Waals surface area contributed by atoms with Crippen molar-refractivity contribution in [3.05, 3.63) is 52.2 Å². The van der Waals surface area contributed by atoms with E-state index in [4.69, 9.17) is 5.11 Å². The summed E-state index contributed by atoms with van der Waals surface area (Å²) in [4.78, 5) is 0. The normalized spacial score (nSPS) is 10.2. The summed E-state index contributed by atoms with van der Waals surface area (Å²) in [6, 6.07) is 9.93. The number of nitrogens with one attached hydrogen (secondary N) is 1. The van der Waals surface area contributed by atoms with E-state index in [0.29, 0.717) is 0 Å². The van der Waals surface area contributed by atoms with E-state index in [0.717, 1.165) is 17.8 Å². The van der Waals surface area contributed by atoms with Crippen LogP contribution in [0.4, 0.5) is 5.69 Å². The molecule has 2 nitrogen and oxygen atoms in total. The summed E-state index contributed by atoms with van der Waals surface area (Å²) in [5.41, 5.74) is 3.32. The number of thiophene rings is 1. The standard InChI is InChI=1S/C12H13NOS/c14-8-10-1-3-12(4-2-10)13-7-11-5-6-15-9-11/h1-6,9,13-14H,7-8H2. The fourth-order valence-electron chi connectivity index (χ4n) is 1.33. The topological polar surface area (TPSA) is 32.3 Å². The van der Waals surface area contributed by atoms with Gasteiger partial charge in [0.2, 0.25) is 0 Å². The van der Waals surface area contributed by atoms with Crippen LogP contribution in [0.25, 0.3) is 0 Å². The van der Waals surface area contributed by atoms with E-state index >= 15 is 0 Å². The Kier molecular flexibility index (Phi) is 3.37. The van der Waals surface area contributed by atoms with Crippen LogP contribution >= 0.6 is 11.3 Å². The minimum Gasteiger partial charge on any atom is -0.392 e. The molecular weight excluding hydrogens is 206 g/mol. The molecule has 0 aliphatic carbocycles. The summed E-state index contributed by atoms with van der Waals surface area (Å²) < 4.78 is 0. The number of aliphatic hydroxyl groups is 1. The van der Waals surface area contributed by atoms with Crippen molar-refractivity contribution >= 4 is 17.0 Å². The van der Waals surface area contributed by atoms with Gasteiger partial charge in [0, 0.05) is 12.2 Å². The molecule has 2 rings (SSSR count). The zero-order valence-corrected chi connectivity index (χ0v) is 9.13. The van der Waals surface area contributed by atoms with E-state index in [2.05, 4.69) is 22.1 Å². The Morgan fingerprint density at radius 1 is 1.07 bits per heavy atom. The second kappa shape index (κ2) is 4.96. The molecule has 0 bridgehead atoms. The van der Waals surface area contributed by atoms with E-state index in [1.54, 1.807) is 11.3 Å². The van der Waals surface area contributed by atoms with Gasteiger partial charge >= 0.3 is 0 Å². The van der Waals surface area contributed by atoms with Gasteiger partial charge in [-0.2, -0.15) is 11.3 Å². The molecule has 2 N–H and O–H groups in total. The fraction of sp³-hybridized carbons (Fsp3) is 0.167. The maximum absolute atomic E-state index is 8.89. The van der Waals surface area contributed by atoms with Crippen LogP contribution in [0.1, 0.15) is 11.1 Å². The smallest absolute Gasteiger partial charge is 0.0681 e. The van der Waals surface area contributed by atoms with Gasteiger partial charge in [-0.25, -0.2) is 0 Å². The largest absolute Gasteiger partial charge is 0.392 e. The van der Waals surface area contributed by atoms with Crippen molar-refractivity contribution in [3.63, 3.8) is 0 Å². The minimum atomic E-state index is 0.102. The molecule has 1 heterocycles. The first-order chi connectivity index (χ1) is 7.38. The molecule has 78 valence electrons. The molecule has 2 aromatic rings. The maximum atomic E-state index is 8.89. The Hall–Kier alpha value is -1.32. The van der Waals surface area contributed by atoms with Crippen LogP contribution < -0.4 is 5.32 Å². The van der Waals surface area contributed by atoms with Crippen LogP contribution in [0.15, 0.2) is 41.1 Å². The Bertz CT molecular complexity index is 394. The average Bonchev–Trinajstić information content (AvgIpc) is 2.80. The number of hydrogen-bond donors (Lipinski definition) is 2. The monoisotopic (exact) mass is 219 g/mol. The van der Waals surface area contributed by atoms with Gasteiger partial charge < -0.3 is 10.4 Å². The lowest BCUT2D eigenvalue weighted by Gasteiger charge is -2.05. The lowest BCUT2D eigenvalue weighted by atomic mass is 10.2. The molecule has 0 amide bonds. The quantitative estimate of drug-likeness (QED) is 0.828. The number of benzene rings is 1. The summed E-state index contributed by atoms with van der Waals surface area (Å²) >= 11 is 1.71. The highest BCUT2D eigenvalue weighted by Crippen LogP contribution is 2.12. The summed E-state index contributed by atoms with van der Waals surface area (Å²) in [6.07, 6.45) is 0. The van der Waals surface area contributed by atoms with Gasteiger partial charge in [0.1, 0.15) is 0 Å². The van der Waals surface area contributed by atoms with Gasteiger partial charge in [0.05, 0.1) is 6.61 Å². The molecular formula is C12H13NOS. The van der Waals surface area contributed by atoms with Crippen LogP contribution in [0.5, 0.6) is 0 Å². The number of anilines is 1. The summed E-state index contributed by atoms with van der Waals surface area (Å²) in [7, 11) is 0. The average molecular weight is 219 g/mol. The lowest BCUT2D eigenvalue weighted by molar-refractivity contribution is 0.282. The molecule has 0 atom stereocenters. The Morgan fingerprint density at radius 2 is 1.87 bits per heavy atom. The molecule has 0 saturated carbocycles. The van der Waals surface area contributed by atoms with Crippen molar-refractivity contribution in [2.75, 3.05) is 5.32 Å². The van der Waals surface area contributed by atoms with Crippen LogP contribution in [0, 0.1) is 0 Å². The van der Waals surface area contributed by atoms with Gasteiger partial charge in [-0.05, 0) is 40.1 Å². The molecule has 0 aliphatic heterocycles. The van der Waals surface area contributed by atoms with E-state index in [1.807, 2.05) is 24.3 Å². The molecule has 0 radical (unpaired) electrons. The van der Waals surface area contributed by atoms with Gasteiger partial charge in [0.25, 0.3) is 0 Å². The summed E-state index contributed by atoms with van der Waals surface area (Å²) in [6.45, 7) is 0.951. The third-order valence-electron chi connectivity index (χ3n) is 2.21. The van der Waals surface area contributed by atoms with E-state index in [1.165, 1.54) is 5.56 Å². The minimum absolute atomic E-state index is 0.102. The fourth-order valence-corrected chi connectivity index (χ4v) is 1.99. The second-order valence-corrected chi connectivity index (χ2v) is 4.12. The van der Waals surface area contributed by atoms with Crippen molar-refractivity contribution in [1.82, 2.24) is 0 Å². The molecule has 3 heteroatoms. The van der Waals surface area contributed by atoms with Crippen LogP contribution in [-0.2, 0) is 13.2 Å². The molecule has 0 aliphatic rings. The van der Waals surface area contributed by atoms with Crippen molar-refractivity contribution in [3.8, 4) is 0 Å². The van der Waals surface area contributed by atoms with Crippen molar-refractivity contribution in [2.45, 2.75) is 13.2 Å². The van der Waals surface area contributed by atoms with E-state index in [-0.39, 0.29) is 6.61 Å². The summed E-state index contributed by atoms with van der Waals surface area (Å²) in [5.74, 6) is 0. The van der Waals surface area contributed by atoms with Crippen LogP contribution in [-0.4, -0.2) is 5.11 Å². The second-order valence-electron chi connectivity index (χ2n) is 3.34. The Labute approximate surface area is 93.2 Å². The highest BCUT2D eigenvalue weighted by Gasteiger charge is 1.94. The SMILES string of the molecule is OCc1ccc(NCc2ccsc2)cc1. The third-order valence-corrected chi connectivity index (χ3v) is 2.95. The highest BCUT2D eigenvalue weighted by atomic mass is 32.1. The zero-order chi connectivity index (χ0) is 10.5. The van der Waals surface area contributed by atoms with Crippen molar-refractivity contribution in [2.24, 2.45) is 0 Å². The Morgan fingerprint density at radius 3 is 2.47 bits per heavy atom. The molecule has 0 spiro atoms.